The van der Waals surface area contributed by atoms with Crippen LogP contribution in [-0.4, -0.2) is 17.1 Å². The number of anilines is 1. The molecule has 1 aromatic heterocycles. The summed E-state index contributed by atoms with van der Waals surface area (Å²) in [6.07, 6.45) is 4.83. The fraction of sp³-hybridized carbons (Fsp3) is 0.312. The molecule has 0 unspecified atom stereocenters. The number of benzene rings is 1. The van der Waals surface area contributed by atoms with E-state index < -0.39 is 0 Å². The summed E-state index contributed by atoms with van der Waals surface area (Å²) in [5.41, 5.74) is 7.26. The van der Waals surface area contributed by atoms with Gasteiger partial charge in [0.25, 0.3) is 0 Å². The number of halogens is 1. The Hall–Kier alpha value is -1.94. The van der Waals surface area contributed by atoms with Gasteiger partial charge in [0.1, 0.15) is 11.6 Å². The quantitative estimate of drug-likeness (QED) is 0.901. The third-order valence-corrected chi connectivity index (χ3v) is 3.77. The molecule has 20 heavy (non-hydrogen) atoms. The number of rotatable bonds is 3. The Morgan fingerprint density at radius 3 is 2.65 bits per heavy atom. The van der Waals surface area contributed by atoms with Gasteiger partial charge in [0.05, 0.1) is 0 Å². The van der Waals surface area contributed by atoms with Gasteiger partial charge in [-0.2, -0.15) is 0 Å². The maximum atomic E-state index is 13.7. The van der Waals surface area contributed by atoms with Crippen molar-refractivity contribution in [2.75, 3.05) is 5.32 Å². The largest absolute Gasteiger partial charge is 0.367 e. The highest BCUT2D eigenvalue weighted by Gasteiger charge is 2.21. The van der Waals surface area contributed by atoms with Crippen LogP contribution in [-0.2, 0) is 0 Å². The zero-order valence-corrected chi connectivity index (χ0v) is 11.2. The molecule has 3 N–H and O–H groups in total. The summed E-state index contributed by atoms with van der Waals surface area (Å²) in [5.74, 6) is 0.598. The highest BCUT2D eigenvalue weighted by molar-refractivity contribution is 5.64. The van der Waals surface area contributed by atoms with Crippen molar-refractivity contribution in [3.05, 3.63) is 48.4 Å². The van der Waals surface area contributed by atoms with Gasteiger partial charge >= 0.3 is 0 Å². The molecule has 104 valence electrons. The summed E-state index contributed by atoms with van der Waals surface area (Å²) in [4.78, 5) is 4.37. The fourth-order valence-corrected chi connectivity index (χ4v) is 2.69. The van der Waals surface area contributed by atoms with Crippen molar-refractivity contribution in [1.29, 1.82) is 0 Å². The van der Waals surface area contributed by atoms with E-state index in [0.717, 1.165) is 30.6 Å². The van der Waals surface area contributed by atoms with Crippen LogP contribution in [0.4, 0.5) is 10.2 Å². The molecular weight excluding hydrogens is 253 g/mol. The molecule has 1 fully saturated rings. The zero-order valence-electron chi connectivity index (χ0n) is 11.2. The van der Waals surface area contributed by atoms with Crippen LogP contribution in [0.15, 0.2) is 42.6 Å². The first-order chi connectivity index (χ1) is 9.72. The Kier molecular flexibility index (Phi) is 3.65. The van der Waals surface area contributed by atoms with E-state index in [1.807, 2.05) is 18.2 Å². The van der Waals surface area contributed by atoms with E-state index in [1.165, 1.54) is 6.07 Å². The highest BCUT2D eigenvalue weighted by atomic mass is 19.1. The van der Waals surface area contributed by atoms with E-state index in [1.54, 1.807) is 18.3 Å². The predicted octanol–water partition coefficient (Wildman–Crippen LogP) is 3.18. The molecule has 1 aliphatic rings. The molecule has 3 nitrogen and oxygen atoms in total. The number of nitrogens with zero attached hydrogens (tertiary/aromatic N) is 1. The molecule has 0 saturated heterocycles. The summed E-state index contributed by atoms with van der Waals surface area (Å²) in [6.45, 7) is 0. The second-order valence-corrected chi connectivity index (χ2v) is 5.33. The Labute approximate surface area is 118 Å². The van der Waals surface area contributed by atoms with Gasteiger partial charge in [-0.15, -0.1) is 0 Å². The molecule has 1 heterocycles. The Morgan fingerprint density at radius 2 is 2.00 bits per heavy atom. The van der Waals surface area contributed by atoms with Gasteiger partial charge < -0.3 is 11.1 Å². The molecule has 0 bridgehead atoms. The van der Waals surface area contributed by atoms with E-state index in [0.29, 0.717) is 17.6 Å². The minimum absolute atomic E-state index is 0.225. The van der Waals surface area contributed by atoms with Crippen LogP contribution in [0.1, 0.15) is 19.3 Å². The maximum Gasteiger partial charge on any atom is 0.131 e. The summed E-state index contributed by atoms with van der Waals surface area (Å²) < 4.78 is 13.7. The minimum Gasteiger partial charge on any atom is -0.367 e. The molecule has 0 spiro atoms. The Balaban J connectivity index is 1.73. The first-order valence-electron chi connectivity index (χ1n) is 6.95. The van der Waals surface area contributed by atoms with Crippen molar-refractivity contribution in [3.63, 3.8) is 0 Å². The van der Waals surface area contributed by atoms with E-state index in [9.17, 15) is 4.39 Å². The highest BCUT2D eigenvalue weighted by Crippen LogP contribution is 2.24. The van der Waals surface area contributed by atoms with Crippen molar-refractivity contribution in [1.82, 2.24) is 4.98 Å². The third kappa shape index (κ3) is 2.80. The van der Waals surface area contributed by atoms with Crippen LogP contribution >= 0.6 is 0 Å². The normalized spacial score (nSPS) is 21.9. The molecule has 1 saturated carbocycles. The molecule has 1 aliphatic carbocycles. The molecule has 1 aromatic carbocycles. The number of nitrogens with two attached hydrogens (primary N) is 1. The lowest BCUT2D eigenvalue weighted by atomic mass is 10.1. The van der Waals surface area contributed by atoms with Crippen molar-refractivity contribution in [2.24, 2.45) is 5.73 Å². The van der Waals surface area contributed by atoms with E-state index in [2.05, 4.69) is 10.3 Å². The van der Waals surface area contributed by atoms with Gasteiger partial charge in [-0.1, -0.05) is 18.2 Å². The number of aromatic nitrogens is 1. The SMILES string of the molecule is N[C@H]1CC[C@H](Nc2ccc(-c3ccccc3F)cn2)C1. The Bertz CT molecular complexity index is 583. The number of hydrogen-bond donors (Lipinski definition) is 2. The van der Waals surface area contributed by atoms with Gasteiger partial charge in [-0.3, -0.25) is 0 Å². The first kappa shape index (κ1) is 13.1. The number of nitrogens with one attached hydrogen (secondary N) is 1. The van der Waals surface area contributed by atoms with Gasteiger partial charge in [-0.25, -0.2) is 9.37 Å². The lowest BCUT2D eigenvalue weighted by Gasteiger charge is -2.13. The molecule has 0 amide bonds. The molecular formula is C16H18FN3. The van der Waals surface area contributed by atoms with E-state index in [-0.39, 0.29) is 5.82 Å². The summed E-state index contributed by atoms with van der Waals surface area (Å²) in [6, 6.07) is 11.2. The van der Waals surface area contributed by atoms with Crippen LogP contribution in [0, 0.1) is 5.82 Å². The van der Waals surface area contributed by atoms with Crippen LogP contribution in [0.5, 0.6) is 0 Å². The molecule has 2 aromatic rings. The lowest BCUT2D eigenvalue weighted by molar-refractivity contribution is 0.631. The summed E-state index contributed by atoms with van der Waals surface area (Å²) in [7, 11) is 0. The monoisotopic (exact) mass is 271 g/mol. The van der Waals surface area contributed by atoms with Crippen LogP contribution < -0.4 is 11.1 Å². The average Bonchev–Trinajstić information content (AvgIpc) is 2.86. The van der Waals surface area contributed by atoms with E-state index in [4.69, 9.17) is 5.73 Å². The summed E-state index contributed by atoms with van der Waals surface area (Å²) >= 11 is 0. The Morgan fingerprint density at radius 1 is 1.15 bits per heavy atom. The molecule has 2 atom stereocenters. The second-order valence-electron chi connectivity index (χ2n) is 5.33. The van der Waals surface area contributed by atoms with Crippen molar-refractivity contribution >= 4 is 5.82 Å². The van der Waals surface area contributed by atoms with Gasteiger partial charge in [0.15, 0.2) is 0 Å². The van der Waals surface area contributed by atoms with Crippen LogP contribution in [0.25, 0.3) is 11.1 Å². The topological polar surface area (TPSA) is 50.9 Å². The lowest BCUT2D eigenvalue weighted by Crippen LogP contribution is -2.21. The smallest absolute Gasteiger partial charge is 0.131 e. The molecule has 0 aliphatic heterocycles. The second kappa shape index (κ2) is 5.59. The summed E-state index contributed by atoms with van der Waals surface area (Å²) in [5, 5.41) is 3.38. The standard InChI is InChI=1S/C16H18FN3/c17-15-4-2-1-3-14(15)11-5-8-16(19-10-11)20-13-7-6-12(18)9-13/h1-5,8,10,12-13H,6-7,9,18H2,(H,19,20)/t12-,13-/m0/s1. The van der Waals surface area contributed by atoms with Gasteiger partial charge in [0, 0.05) is 29.4 Å². The van der Waals surface area contributed by atoms with Crippen molar-refractivity contribution in [3.8, 4) is 11.1 Å². The molecule has 4 heteroatoms. The number of hydrogen-bond acceptors (Lipinski definition) is 3. The number of pyridine rings is 1. The zero-order chi connectivity index (χ0) is 13.9. The predicted molar refractivity (Wildman–Crippen MR) is 78.9 cm³/mol. The van der Waals surface area contributed by atoms with Crippen molar-refractivity contribution < 1.29 is 4.39 Å². The average molecular weight is 271 g/mol. The third-order valence-electron chi connectivity index (χ3n) is 3.77. The van der Waals surface area contributed by atoms with Crippen LogP contribution in [0.2, 0.25) is 0 Å². The maximum absolute atomic E-state index is 13.7. The molecule has 3 rings (SSSR count). The van der Waals surface area contributed by atoms with Gasteiger partial charge in [0.2, 0.25) is 0 Å². The van der Waals surface area contributed by atoms with Gasteiger partial charge in [-0.05, 0) is 37.5 Å². The van der Waals surface area contributed by atoms with Crippen molar-refractivity contribution in [2.45, 2.75) is 31.3 Å². The van der Waals surface area contributed by atoms with E-state index >= 15 is 0 Å². The fourth-order valence-electron chi connectivity index (χ4n) is 2.69. The minimum atomic E-state index is -0.225. The molecule has 0 radical (unpaired) electrons. The first-order valence-corrected chi connectivity index (χ1v) is 6.95. The van der Waals surface area contributed by atoms with Crippen LogP contribution in [0.3, 0.4) is 0 Å².